The molecule has 2 aromatic carbocycles. The quantitative estimate of drug-likeness (QED) is 0.364. The van der Waals surface area contributed by atoms with Gasteiger partial charge in [0.05, 0.1) is 5.39 Å². The van der Waals surface area contributed by atoms with Crippen LogP contribution in [0.1, 0.15) is 24.8 Å². The Hall–Kier alpha value is -4.11. The maximum Gasteiger partial charge on any atom is 0.322 e. The van der Waals surface area contributed by atoms with E-state index in [2.05, 4.69) is 26.3 Å². The number of nitrogens with one attached hydrogen (secondary N) is 1. The molecule has 2 aromatic heterocycles. The van der Waals surface area contributed by atoms with E-state index in [4.69, 9.17) is 11.6 Å². The number of fused-ring (bicyclic) bond motifs is 2. The summed E-state index contributed by atoms with van der Waals surface area (Å²) in [6.07, 6.45) is 7.05. The monoisotopic (exact) mass is 569 g/mol. The normalized spacial score (nSPS) is 17.7. The van der Waals surface area contributed by atoms with Gasteiger partial charge in [-0.25, -0.2) is 14.8 Å². The average molecular weight is 570 g/mol. The number of urea groups is 1. The van der Waals surface area contributed by atoms with E-state index < -0.39 is 0 Å². The predicted octanol–water partition coefficient (Wildman–Crippen LogP) is 5.04. The van der Waals surface area contributed by atoms with Gasteiger partial charge in [0.15, 0.2) is 0 Å². The lowest BCUT2D eigenvalue weighted by Gasteiger charge is -2.38. The molecule has 1 N–H and O–H groups in total. The van der Waals surface area contributed by atoms with Gasteiger partial charge in [-0.1, -0.05) is 48.0 Å². The topological polar surface area (TPSA) is 86.6 Å². The first-order valence-corrected chi connectivity index (χ1v) is 14.7. The third kappa shape index (κ3) is 4.78. The predicted molar refractivity (Wildman–Crippen MR) is 160 cm³/mol. The van der Waals surface area contributed by atoms with Crippen molar-refractivity contribution < 1.29 is 9.59 Å². The van der Waals surface area contributed by atoms with Gasteiger partial charge in [-0.3, -0.25) is 4.79 Å². The Bertz CT molecular complexity index is 1620. The first kappa shape index (κ1) is 25.8. The number of amides is 3. The molecule has 3 aliphatic rings. The standard InChI is InChI=1S/C31H32ClN7O2/c32-25-8-3-2-7-23(25)24-18-38(30-28(24)29(33-20-34-30)37-13-5-14-37)19-27(40)36-15-11-22(12-16-36)39-17-10-21-6-1-4-9-26(21)35-31(39)41/h1-4,6-9,18,20,22H,5,10-17,19H2,(H,35,41). The summed E-state index contributed by atoms with van der Waals surface area (Å²) in [5.74, 6) is 0.934. The van der Waals surface area contributed by atoms with Gasteiger partial charge in [0.2, 0.25) is 5.91 Å². The molecule has 0 radical (unpaired) electrons. The molecule has 0 unspecified atom stereocenters. The van der Waals surface area contributed by atoms with Gasteiger partial charge < -0.3 is 24.6 Å². The molecule has 0 spiro atoms. The number of hydrogen-bond donors (Lipinski definition) is 1. The zero-order chi connectivity index (χ0) is 27.9. The molecule has 0 atom stereocenters. The van der Waals surface area contributed by atoms with Crippen molar-refractivity contribution in [3.63, 3.8) is 0 Å². The highest BCUT2D eigenvalue weighted by Gasteiger charge is 2.32. The molecule has 3 aliphatic heterocycles. The number of piperidine rings is 1. The van der Waals surface area contributed by atoms with Crippen molar-refractivity contribution in [3.05, 3.63) is 71.6 Å². The van der Waals surface area contributed by atoms with E-state index in [0.717, 1.165) is 78.0 Å². The zero-order valence-electron chi connectivity index (χ0n) is 22.8. The molecule has 7 rings (SSSR count). The number of anilines is 2. The van der Waals surface area contributed by atoms with Crippen LogP contribution in [0.25, 0.3) is 22.2 Å². The molecule has 5 heterocycles. The maximum atomic E-state index is 13.6. The first-order valence-electron chi connectivity index (χ1n) is 14.3. The molecule has 2 fully saturated rings. The van der Waals surface area contributed by atoms with Crippen molar-refractivity contribution >= 4 is 46.1 Å². The fraction of sp³-hybridized carbons (Fsp3) is 0.355. The molecule has 0 saturated carbocycles. The summed E-state index contributed by atoms with van der Waals surface area (Å²) in [6.45, 7) is 4.00. The minimum Gasteiger partial charge on any atom is -0.356 e. The minimum absolute atomic E-state index is 0.0443. The Balaban J connectivity index is 1.09. The second kappa shape index (κ2) is 10.7. The first-order chi connectivity index (χ1) is 20.1. The number of carbonyl (C=O) groups is 2. The lowest BCUT2D eigenvalue weighted by Crippen LogP contribution is -2.50. The number of hydrogen-bond acceptors (Lipinski definition) is 5. The Labute approximate surface area is 243 Å². The molecule has 0 aliphatic carbocycles. The number of likely N-dealkylation sites (tertiary alicyclic amines) is 1. The second-order valence-electron chi connectivity index (χ2n) is 11.0. The number of benzene rings is 2. The molecular weight excluding hydrogens is 538 g/mol. The lowest BCUT2D eigenvalue weighted by atomic mass is 10.0. The van der Waals surface area contributed by atoms with Crippen molar-refractivity contribution in [3.8, 4) is 11.1 Å². The van der Waals surface area contributed by atoms with Crippen LogP contribution in [-0.2, 0) is 17.8 Å². The molecule has 3 amide bonds. The van der Waals surface area contributed by atoms with Gasteiger partial charge in [-0.15, -0.1) is 0 Å². The molecule has 4 aromatic rings. The van der Waals surface area contributed by atoms with Gasteiger partial charge >= 0.3 is 6.03 Å². The third-order valence-corrected chi connectivity index (χ3v) is 8.99. The Morgan fingerprint density at radius 3 is 2.51 bits per heavy atom. The van der Waals surface area contributed by atoms with Crippen LogP contribution in [0, 0.1) is 0 Å². The van der Waals surface area contributed by atoms with E-state index in [1.165, 1.54) is 0 Å². The van der Waals surface area contributed by atoms with Crippen molar-refractivity contribution in [1.29, 1.82) is 0 Å². The van der Waals surface area contributed by atoms with E-state index in [0.29, 0.717) is 24.7 Å². The van der Waals surface area contributed by atoms with Crippen LogP contribution in [0.15, 0.2) is 61.1 Å². The van der Waals surface area contributed by atoms with Crippen LogP contribution < -0.4 is 10.2 Å². The maximum absolute atomic E-state index is 13.6. The Morgan fingerprint density at radius 2 is 1.73 bits per heavy atom. The van der Waals surface area contributed by atoms with Gasteiger partial charge in [-0.05, 0) is 43.4 Å². The number of halogens is 1. The van der Waals surface area contributed by atoms with Crippen molar-refractivity contribution in [2.24, 2.45) is 0 Å². The molecule has 2 saturated heterocycles. The van der Waals surface area contributed by atoms with Crippen molar-refractivity contribution in [2.75, 3.05) is 42.9 Å². The summed E-state index contributed by atoms with van der Waals surface area (Å²) in [4.78, 5) is 42.0. The molecule has 9 nitrogen and oxygen atoms in total. The molecule has 210 valence electrons. The lowest BCUT2D eigenvalue weighted by molar-refractivity contribution is -0.133. The van der Waals surface area contributed by atoms with Gasteiger partial charge in [0.1, 0.15) is 24.3 Å². The van der Waals surface area contributed by atoms with Gasteiger partial charge in [0.25, 0.3) is 0 Å². The molecule has 41 heavy (non-hydrogen) atoms. The summed E-state index contributed by atoms with van der Waals surface area (Å²) in [5.41, 5.74) is 4.63. The number of aromatic nitrogens is 3. The van der Waals surface area contributed by atoms with Crippen molar-refractivity contribution in [1.82, 2.24) is 24.3 Å². The minimum atomic E-state index is -0.0525. The third-order valence-electron chi connectivity index (χ3n) is 8.66. The van der Waals surface area contributed by atoms with Crippen LogP contribution >= 0.6 is 11.6 Å². The van der Waals surface area contributed by atoms with E-state index >= 15 is 0 Å². The van der Waals surface area contributed by atoms with E-state index in [1.54, 1.807) is 6.33 Å². The zero-order valence-corrected chi connectivity index (χ0v) is 23.6. The smallest absolute Gasteiger partial charge is 0.322 e. The molecule has 10 heteroatoms. The van der Waals surface area contributed by atoms with Crippen molar-refractivity contribution in [2.45, 2.75) is 38.3 Å². The summed E-state index contributed by atoms with van der Waals surface area (Å²) >= 11 is 6.63. The largest absolute Gasteiger partial charge is 0.356 e. The van der Waals surface area contributed by atoms with Crippen LogP contribution in [0.5, 0.6) is 0 Å². The summed E-state index contributed by atoms with van der Waals surface area (Å²) in [6, 6.07) is 15.8. The fourth-order valence-electron chi connectivity index (χ4n) is 6.29. The summed E-state index contributed by atoms with van der Waals surface area (Å²) < 4.78 is 1.94. The van der Waals surface area contributed by atoms with E-state index in [9.17, 15) is 9.59 Å². The SMILES string of the molecule is O=C(Cn1cc(-c2ccccc2Cl)c2c(N3CCC3)ncnc21)N1CCC(N2CCc3ccccc3NC2=O)CC1. The Morgan fingerprint density at radius 1 is 0.951 bits per heavy atom. The van der Waals surface area contributed by atoms with Crippen LogP contribution in [0.3, 0.4) is 0 Å². The second-order valence-corrected chi connectivity index (χ2v) is 11.4. The highest BCUT2D eigenvalue weighted by molar-refractivity contribution is 6.33. The molecular formula is C31H32ClN7O2. The van der Waals surface area contributed by atoms with E-state index in [-0.39, 0.29) is 24.5 Å². The number of nitrogens with zero attached hydrogens (tertiary/aromatic N) is 6. The summed E-state index contributed by atoms with van der Waals surface area (Å²) in [5, 5.41) is 4.65. The fourth-order valence-corrected chi connectivity index (χ4v) is 6.53. The van der Waals surface area contributed by atoms with Crippen LogP contribution in [-0.4, -0.2) is 75.0 Å². The van der Waals surface area contributed by atoms with Crippen LogP contribution in [0.2, 0.25) is 5.02 Å². The number of rotatable bonds is 5. The number of carbonyl (C=O) groups excluding carboxylic acids is 2. The molecule has 0 bridgehead atoms. The van der Waals surface area contributed by atoms with Crippen LogP contribution in [0.4, 0.5) is 16.3 Å². The summed E-state index contributed by atoms with van der Waals surface area (Å²) in [7, 11) is 0. The highest BCUT2D eigenvalue weighted by atomic mass is 35.5. The number of para-hydroxylation sites is 1. The average Bonchev–Trinajstić information content (AvgIpc) is 3.22. The van der Waals surface area contributed by atoms with Gasteiger partial charge in [0, 0.05) is 66.8 Å². The van der Waals surface area contributed by atoms with Gasteiger partial charge in [-0.2, -0.15) is 0 Å². The highest BCUT2D eigenvalue weighted by Crippen LogP contribution is 2.39. The Kier molecular flexibility index (Phi) is 6.74. The van der Waals surface area contributed by atoms with E-state index in [1.807, 2.05) is 63.0 Å².